The lowest BCUT2D eigenvalue weighted by molar-refractivity contribution is 0.496. The predicted molar refractivity (Wildman–Crippen MR) is 83.0 cm³/mol. The minimum Gasteiger partial charge on any atom is -0.309 e. The third-order valence-corrected chi connectivity index (χ3v) is 4.32. The predicted octanol–water partition coefficient (Wildman–Crippen LogP) is 4.53. The van der Waals surface area contributed by atoms with Gasteiger partial charge in [-0.05, 0) is 26.0 Å². The molecule has 0 saturated heterocycles. The summed E-state index contributed by atoms with van der Waals surface area (Å²) in [6.07, 6.45) is 1.67. The van der Waals surface area contributed by atoms with Gasteiger partial charge in [0, 0.05) is 29.1 Å². The number of halogens is 2. The van der Waals surface area contributed by atoms with Gasteiger partial charge >= 0.3 is 0 Å². The molecule has 1 aromatic carbocycles. The fraction of sp³-hybridized carbons (Fsp3) is 0.400. The highest BCUT2D eigenvalue weighted by Gasteiger charge is 2.18. The molecule has 1 N–H and O–H groups in total. The minimum absolute atomic E-state index is 0.0980. The summed E-state index contributed by atoms with van der Waals surface area (Å²) in [5, 5.41) is 6.57. The van der Waals surface area contributed by atoms with Gasteiger partial charge in [0.2, 0.25) is 0 Å². The molecule has 1 heterocycles. The maximum Gasteiger partial charge on any atom is 0.146 e. The molecular weight excluding hydrogens is 295 g/mol. The summed E-state index contributed by atoms with van der Waals surface area (Å²) >= 11 is 7.49. The summed E-state index contributed by atoms with van der Waals surface area (Å²) in [5.74, 6) is -0.337. The summed E-state index contributed by atoms with van der Waals surface area (Å²) in [6, 6.07) is 5.05. The standard InChI is InChI=1S/C15H18ClFN2S/c1-3-7-18-13(8-14-19-10(2)9-20-14)11-5-4-6-12(16)15(11)17/h4-6,9,13,18H,3,7-8H2,1-2H3. The molecule has 0 radical (unpaired) electrons. The van der Waals surface area contributed by atoms with Gasteiger partial charge in [0.15, 0.2) is 0 Å². The van der Waals surface area contributed by atoms with Crippen molar-refractivity contribution in [1.82, 2.24) is 10.3 Å². The van der Waals surface area contributed by atoms with Crippen LogP contribution in [0, 0.1) is 12.7 Å². The van der Waals surface area contributed by atoms with E-state index >= 15 is 0 Å². The number of hydrogen-bond acceptors (Lipinski definition) is 3. The smallest absolute Gasteiger partial charge is 0.146 e. The van der Waals surface area contributed by atoms with Crippen molar-refractivity contribution in [3.63, 3.8) is 0 Å². The first-order chi connectivity index (χ1) is 9.61. The molecule has 1 aromatic heterocycles. The van der Waals surface area contributed by atoms with Crippen LogP contribution in [-0.4, -0.2) is 11.5 Å². The van der Waals surface area contributed by atoms with E-state index in [0.717, 1.165) is 23.7 Å². The van der Waals surface area contributed by atoms with Crippen molar-refractivity contribution >= 4 is 22.9 Å². The van der Waals surface area contributed by atoms with Crippen LogP contribution in [0.15, 0.2) is 23.6 Å². The van der Waals surface area contributed by atoms with E-state index in [0.29, 0.717) is 12.0 Å². The zero-order valence-corrected chi connectivity index (χ0v) is 13.2. The molecule has 2 rings (SSSR count). The van der Waals surface area contributed by atoms with E-state index in [4.69, 9.17) is 11.6 Å². The average Bonchev–Trinajstić information content (AvgIpc) is 2.83. The highest BCUT2D eigenvalue weighted by Crippen LogP contribution is 2.26. The van der Waals surface area contributed by atoms with Gasteiger partial charge < -0.3 is 5.32 Å². The van der Waals surface area contributed by atoms with E-state index in [1.54, 1.807) is 29.5 Å². The molecule has 5 heteroatoms. The Kier molecular flexibility index (Phi) is 5.52. The molecule has 1 unspecified atom stereocenters. The van der Waals surface area contributed by atoms with E-state index in [-0.39, 0.29) is 16.9 Å². The Morgan fingerprint density at radius 1 is 1.45 bits per heavy atom. The Hall–Kier alpha value is -0.970. The summed E-state index contributed by atoms with van der Waals surface area (Å²) in [6.45, 7) is 4.89. The van der Waals surface area contributed by atoms with Crippen LogP contribution in [0.5, 0.6) is 0 Å². The van der Waals surface area contributed by atoms with Crippen molar-refractivity contribution < 1.29 is 4.39 Å². The molecule has 0 amide bonds. The molecule has 1 atom stereocenters. The Bertz CT molecular complexity index is 571. The van der Waals surface area contributed by atoms with Gasteiger partial charge in [0.1, 0.15) is 5.82 Å². The number of thiazole rings is 1. The minimum atomic E-state index is -0.337. The number of nitrogens with zero attached hydrogens (tertiary/aromatic N) is 1. The molecule has 0 saturated carbocycles. The van der Waals surface area contributed by atoms with Gasteiger partial charge in [-0.1, -0.05) is 30.7 Å². The maximum absolute atomic E-state index is 14.2. The molecule has 0 bridgehead atoms. The van der Waals surface area contributed by atoms with Crippen molar-refractivity contribution in [2.45, 2.75) is 32.7 Å². The fourth-order valence-corrected chi connectivity index (χ4v) is 3.07. The van der Waals surface area contributed by atoms with Crippen LogP contribution in [-0.2, 0) is 6.42 Å². The molecule has 108 valence electrons. The number of benzene rings is 1. The van der Waals surface area contributed by atoms with Gasteiger partial charge in [-0.15, -0.1) is 11.3 Å². The van der Waals surface area contributed by atoms with Gasteiger partial charge in [-0.25, -0.2) is 9.37 Å². The van der Waals surface area contributed by atoms with E-state index in [9.17, 15) is 4.39 Å². The molecule has 20 heavy (non-hydrogen) atoms. The van der Waals surface area contributed by atoms with E-state index < -0.39 is 0 Å². The fourth-order valence-electron chi connectivity index (χ4n) is 2.07. The lowest BCUT2D eigenvalue weighted by atomic mass is 10.0. The quantitative estimate of drug-likeness (QED) is 0.848. The average molecular weight is 313 g/mol. The van der Waals surface area contributed by atoms with Crippen LogP contribution < -0.4 is 5.32 Å². The van der Waals surface area contributed by atoms with Crippen LogP contribution in [0.4, 0.5) is 4.39 Å². The Labute approximate surface area is 128 Å². The normalized spacial score (nSPS) is 12.6. The van der Waals surface area contributed by atoms with Gasteiger partial charge in [-0.2, -0.15) is 0 Å². The SMILES string of the molecule is CCCNC(Cc1nc(C)cs1)c1cccc(Cl)c1F. The Balaban J connectivity index is 2.24. The Morgan fingerprint density at radius 3 is 2.90 bits per heavy atom. The molecule has 0 fully saturated rings. The highest BCUT2D eigenvalue weighted by molar-refractivity contribution is 7.09. The van der Waals surface area contributed by atoms with Crippen molar-refractivity contribution in [3.8, 4) is 0 Å². The first-order valence-electron chi connectivity index (χ1n) is 6.70. The van der Waals surface area contributed by atoms with Gasteiger partial charge in [-0.3, -0.25) is 0 Å². The van der Waals surface area contributed by atoms with Crippen molar-refractivity contribution in [2.75, 3.05) is 6.54 Å². The summed E-state index contributed by atoms with van der Waals surface area (Å²) in [5.41, 5.74) is 1.62. The molecule has 2 aromatic rings. The largest absolute Gasteiger partial charge is 0.309 e. The van der Waals surface area contributed by atoms with Crippen molar-refractivity contribution in [1.29, 1.82) is 0 Å². The zero-order chi connectivity index (χ0) is 14.5. The number of aromatic nitrogens is 1. The van der Waals surface area contributed by atoms with Crippen LogP contribution in [0.3, 0.4) is 0 Å². The van der Waals surface area contributed by atoms with E-state index in [1.807, 2.05) is 12.3 Å². The lowest BCUT2D eigenvalue weighted by Gasteiger charge is -2.19. The van der Waals surface area contributed by atoms with E-state index in [1.165, 1.54) is 0 Å². The number of hydrogen-bond donors (Lipinski definition) is 1. The number of aryl methyl sites for hydroxylation is 1. The van der Waals surface area contributed by atoms with E-state index in [2.05, 4.69) is 17.2 Å². The van der Waals surface area contributed by atoms with Crippen LogP contribution in [0.1, 0.15) is 35.7 Å². The molecule has 0 spiro atoms. The monoisotopic (exact) mass is 312 g/mol. The maximum atomic E-state index is 14.2. The highest BCUT2D eigenvalue weighted by atomic mass is 35.5. The van der Waals surface area contributed by atoms with Crippen LogP contribution >= 0.6 is 22.9 Å². The van der Waals surface area contributed by atoms with Crippen LogP contribution in [0.25, 0.3) is 0 Å². The lowest BCUT2D eigenvalue weighted by Crippen LogP contribution is -2.25. The number of rotatable bonds is 6. The third kappa shape index (κ3) is 3.78. The molecule has 0 aliphatic rings. The second-order valence-corrected chi connectivity index (χ2v) is 6.09. The molecule has 2 nitrogen and oxygen atoms in total. The first-order valence-corrected chi connectivity index (χ1v) is 7.96. The van der Waals surface area contributed by atoms with Crippen LogP contribution in [0.2, 0.25) is 5.02 Å². The second-order valence-electron chi connectivity index (χ2n) is 4.74. The van der Waals surface area contributed by atoms with Gasteiger partial charge in [0.25, 0.3) is 0 Å². The number of nitrogens with one attached hydrogen (secondary N) is 1. The summed E-state index contributed by atoms with van der Waals surface area (Å²) in [4.78, 5) is 4.46. The van der Waals surface area contributed by atoms with Gasteiger partial charge in [0.05, 0.1) is 10.0 Å². The summed E-state index contributed by atoms with van der Waals surface area (Å²) in [7, 11) is 0. The molecule has 0 aliphatic heterocycles. The Morgan fingerprint density at radius 2 is 2.25 bits per heavy atom. The van der Waals surface area contributed by atoms with Crippen molar-refractivity contribution in [3.05, 3.63) is 50.7 Å². The second kappa shape index (κ2) is 7.16. The zero-order valence-electron chi connectivity index (χ0n) is 11.6. The first kappa shape index (κ1) is 15.4. The topological polar surface area (TPSA) is 24.9 Å². The summed E-state index contributed by atoms with van der Waals surface area (Å²) < 4.78 is 14.2. The molecule has 0 aliphatic carbocycles. The third-order valence-electron chi connectivity index (χ3n) is 3.04. The van der Waals surface area contributed by atoms with Crippen molar-refractivity contribution in [2.24, 2.45) is 0 Å². The molecular formula is C15H18ClFN2S.